The zero-order valence-corrected chi connectivity index (χ0v) is 12.5. The van der Waals surface area contributed by atoms with Crippen molar-refractivity contribution in [3.05, 3.63) is 59.7 Å². The van der Waals surface area contributed by atoms with Crippen molar-refractivity contribution in [1.29, 1.82) is 0 Å². The number of esters is 1. The summed E-state index contributed by atoms with van der Waals surface area (Å²) in [5, 5.41) is 0. The van der Waals surface area contributed by atoms with Crippen molar-refractivity contribution in [1.82, 2.24) is 14.9 Å². The fourth-order valence-corrected chi connectivity index (χ4v) is 1.85. The molecule has 22 heavy (non-hydrogen) atoms. The highest BCUT2D eigenvalue weighted by Crippen LogP contribution is 2.09. The van der Waals surface area contributed by atoms with E-state index in [4.69, 9.17) is 4.74 Å². The molecule has 0 saturated heterocycles. The van der Waals surface area contributed by atoms with E-state index in [2.05, 4.69) is 9.97 Å². The van der Waals surface area contributed by atoms with Crippen molar-refractivity contribution in [3.63, 3.8) is 0 Å². The maximum atomic E-state index is 12.0. The van der Waals surface area contributed by atoms with E-state index in [9.17, 15) is 9.59 Å². The summed E-state index contributed by atoms with van der Waals surface area (Å²) in [7, 11) is 1.67. The van der Waals surface area contributed by atoms with Gasteiger partial charge in [-0.3, -0.25) is 9.78 Å². The van der Waals surface area contributed by atoms with Gasteiger partial charge in [0.1, 0.15) is 0 Å². The van der Waals surface area contributed by atoms with Crippen molar-refractivity contribution in [2.24, 2.45) is 0 Å². The molecule has 0 spiro atoms. The number of aromatic nitrogens is 2. The summed E-state index contributed by atoms with van der Waals surface area (Å²) < 4.78 is 4.95. The molecule has 0 unspecified atom stereocenters. The smallest absolute Gasteiger partial charge is 0.359 e. The second-order valence-corrected chi connectivity index (χ2v) is 4.84. The number of hydrogen-bond donors (Lipinski definition) is 0. The van der Waals surface area contributed by atoms with Gasteiger partial charge >= 0.3 is 5.97 Å². The normalized spacial score (nSPS) is 10.1. The third kappa shape index (κ3) is 4.12. The van der Waals surface area contributed by atoms with Crippen LogP contribution in [-0.4, -0.2) is 40.4 Å². The molecular formula is C16H17N3O3. The second-order valence-electron chi connectivity index (χ2n) is 4.84. The number of benzene rings is 1. The number of hydrogen-bond acceptors (Lipinski definition) is 5. The molecule has 0 N–H and O–H groups in total. The summed E-state index contributed by atoms with van der Waals surface area (Å²) in [6.07, 6.45) is 4.14. The molecule has 0 bridgehead atoms. The third-order valence-electron chi connectivity index (χ3n) is 3.19. The molecule has 114 valence electrons. The molecular weight excluding hydrogens is 282 g/mol. The highest BCUT2D eigenvalue weighted by atomic mass is 16.5. The van der Waals surface area contributed by atoms with Crippen LogP contribution < -0.4 is 0 Å². The fourth-order valence-electron chi connectivity index (χ4n) is 1.85. The van der Waals surface area contributed by atoms with Crippen molar-refractivity contribution >= 4 is 11.9 Å². The summed E-state index contributed by atoms with van der Waals surface area (Å²) in [4.78, 5) is 32.8. The number of ether oxygens (including phenoxy) is 1. The van der Waals surface area contributed by atoms with Crippen molar-refractivity contribution < 1.29 is 14.3 Å². The standard InChI is InChI=1S/C16H17N3O3/c1-12-5-3-4-6-13(12)10-19(2)15(20)11-22-16(21)14-9-17-7-8-18-14/h3-9H,10-11H2,1-2H3. The molecule has 0 atom stereocenters. The molecule has 0 aliphatic heterocycles. The van der Waals surface area contributed by atoms with E-state index in [-0.39, 0.29) is 18.2 Å². The van der Waals surface area contributed by atoms with Gasteiger partial charge in [0, 0.05) is 26.0 Å². The van der Waals surface area contributed by atoms with Gasteiger partial charge in [-0.25, -0.2) is 9.78 Å². The molecule has 0 saturated carbocycles. The van der Waals surface area contributed by atoms with Gasteiger partial charge in [0.2, 0.25) is 0 Å². The van der Waals surface area contributed by atoms with Crippen LogP contribution in [0.15, 0.2) is 42.9 Å². The summed E-state index contributed by atoms with van der Waals surface area (Å²) in [6.45, 7) is 2.13. The van der Waals surface area contributed by atoms with Gasteiger partial charge in [-0.15, -0.1) is 0 Å². The number of carbonyl (C=O) groups is 2. The molecule has 6 heteroatoms. The van der Waals surface area contributed by atoms with Crippen LogP contribution in [0.1, 0.15) is 21.6 Å². The quantitative estimate of drug-likeness (QED) is 0.784. The van der Waals surface area contributed by atoms with E-state index in [1.165, 1.54) is 23.5 Å². The van der Waals surface area contributed by atoms with Gasteiger partial charge in [-0.2, -0.15) is 0 Å². The summed E-state index contributed by atoms with van der Waals surface area (Å²) >= 11 is 0. The van der Waals surface area contributed by atoms with E-state index in [0.717, 1.165) is 11.1 Å². The highest BCUT2D eigenvalue weighted by Gasteiger charge is 2.15. The molecule has 2 rings (SSSR count). The Kier molecular flexibility index (Phi) is 5.19. The lowest BCUT2D eigenvalue weighted by Gasteiger charge is -2.18. The van der Waals surface area contributed by atoms with Crippen molar-refractivity contribution in [2.75, 3.05) is 13.7 Å². The van der Waals surface area contributed by atoms with E-state index >= 15 is 0 Å². The number of rotatable bonds is 5. The Balaban J connectivity index is 1.87. The Morgan fingerprint density at radius 1 is 1.23 bits per heavy atom. The van der Waals surface area contributed by atoms with E-state index in [0.29, 0.717) is 6.54 Å². The predicted molar refractivity (Wildman–Crippen MR) is 80.0 cm³/mol. The van der Waals surface area contributed by atoms with Crippen LogP contribution >= 0.6 is 0 Å². The second kappa shape index (κ2) is 7.31. The molecule has 0 aliphatic carbocycles. The minimum atomic E-state index is -0.661. The molecule has 1 aromatic carbocycles. The lowest BCUT2D eigenvalue weighted by molar-refractivity contribution is -0.133. The summed E-state index contributed by atoms with van der Waals surface area (Å²) in [5.41, 5.74) is 2.24. The Bertz CT molecular complexity index is 659. The molecule has 0 aliphatic rings. The number of likely N-dealkylation sites (N-methyl/N-ethyl adjacent to an activating group) is 1. The molecule has 1 amide bonds. The Morgan fingerprint density at radius 3 is 2.68 bits per heavy atom. The number of carbonyl (C=O) groups excluding carboxylic acids is 2. The first kappa shape index (κ1) is 15.6. The van der Waals surface area contributed by atoms with Crippen molar-refractivity contribution in [3.8, 4) is 0 Å². The average Bonchev–Trinajstić information content (AvgIpc) is 2.55. The SMILES string of the molecule is Cc1ccccc1CN(C)C(=O)COC(=O)c1cnccn1. The van der Waals surface area contributed by atoms with Crippen LogP contribution in [0.3, 0.4) is 0 Å². The average molecular weight is 299 g/mol. The molecule has 0 radical (unpaired) electrons. The minimum Gasteiger partial charge on any atom is -0.451 e. The molecule has 1 heterocycles. The van der Waals surface area contributed by atoms with Crippen LogP contribution in [0.25, 0.3) is 0 Å². The van der Waals surface area contributed by atoms with E-state index in [1.54, 1.807) is 7.05 Å². The maximum absolute atomic E-state index is 12.0. The molecule has 6 nitrogen and oxygen atoms in total. The first-order valence-corrected chi connectivity index (χ1v) is 6.79. The lowest BCUT2D eigenvalue weighted by Crippen LogP contribution is -2.31. The predicted octanol–water partition coefficient (Wildman–Crippen LogP) is 1.60. The topological polar surface area (TPSA) is 72.4 Å². The van der Waals surface area contributed by atoms with Gasteiger partial charge in [0.05, 0.1) is 6.20 Å². The highest BCUT2D eigenvalue weighted by molar-refractivity contribution is 5.89. The number of aryl methyl sites for hydroxylation is 1. The van der Waals surface area contributed by atoms with E-state index in [1.807, 2.05) is 31.2 Å². The molecule has 1 aromatic heterocycles. The van der Waals surface area contributed by atoms with Crippen LogP contribution in [0.4, 0.5) is 0 Å². The largest absolute Gasteiger partial charge is 0.451 e. The van der Waals surface area contributed by atoms with Crippen LogP contribution in [0.5, 0.6) is 0 Å². The third-order valence-corrected chi connectivity index (χ3v) is 3.19. The van der Waals surface area contributed by atoms with Gasteiger partial charge in [0.15, 0.2) is 12.3 Å². The van der Waals surface area contributed by atoms with Gasteiger partial charge in [-0.05, 0) is 18.1 Å². The molecule has 2 aromatic rings. The fraction of sp³-hybridized carbons (Fsp3) is 0.250. The van der Waals surface area contributed by atoms with Crippen molar-refractivity contribution in [2.45, 2.75) is 13.5 Å². The number of amides is 1. The first-order valence-electron chi connectivity index (χ1n) is 6.79. The van der Waals surface area contributed by atoms with Crippen LogP contribution in [0, 0.1) is 6.92 Å². The Labute approximate surface area is 128 Å². The first-order chi connectivity index (χ1) is 10.6. The van der Waals surface area contributed by atoms with E-state index < -0.39 is 5.97 Å². The summed E-state index contributed by atoms with van der Waals surface area (Å²) in [5.74, 6) is -0.939. The number of nitrogens with zero attached hydrogens (tertiary/aromatic N) is 3. The lowest BCUT2D eigenvalue weighted by atomic mass is 10.1. The monoisotopic (exact) mass is 299 g/mol. The van der Waals surface area contributed by atoms with Crippen LogP contribution in [0.2, 0.25) is 0 Å². The van der Waals surface area contributed by atoms with Gasteiger partial charge in [0.25, 0.3) is 5.91 Å². The Hall–Kier alpha value is -2.76. The van der Waals surface area contributed by atoms with Gasteiger partial charge in [-0.1, -0.05) is 24.3 Å². The zero-order valence-electron chi connectivity index (χ0n) is 12.5. The zero-order chi connectivity index (χ0) is 15.9. The van der Waals surface area contributed by atoms with Gasteiger partial charge < -0.3 is 9.64 Å². The minimum absolute atomic E-state index is 0.0804. The van der Waals surface area contributed by atoms with Crippen LogP contribution in [-0.2, 0) is 16.1 Å². The Morgan fingerprint density at radius 2 is 2.00 bits per heavy atom. The maximum Gasteiger partial charge on any atom is 0.359 e. The summed E-state index contributed by atoms with van der Waals surface area (Å²) in [6, 6.07) is 7.82. The molecule has 0 fully saturated rings.